The van der Waals surface area contributed by atoms with Crippen molar-refractivity contribution in [3.63, 3.8) is 0 Å². The van der Waals surface area contributed by atoms with E-state index in [2.05, 4.69) is 28.1 Å². The van der Waals surface area contributed by atoms with Gasteiger partial charge in [-0.05, 0) is 59.4 Å². The number of esters is 1. The molecule has 0 fully saturated rings. The molecule has 6 heteroatoms. The lowest BCUT2D eigenvalue weighted by molar-refractivity contribution is -0.150. The van der Waals surface area contributed by atoms with Gasteiger partial charge < -0.3 is 18.8 Å². The standard InChI is InChI=1S/C24H24BrNO4/c1-16(2)23(19-5-8-21-22(12-19)30-15-29-21)24(27)28-14-26-10-9-18(13-26)11-17-3-6-20(25)7-4-17/h3-10,12-13,16,23H,11,14-15H2,1-2H3. The average Bonchev–Trinajstić information content (AvgIpc) is 3.37. The van der Waals surface area contributed by atoms with E-state index in [0.717, 1.165) is 16.5 Å². The Hall–Kier alpha value is -2.73. The van der Waals surface area contributed by atoms with Gasteiger partial charge in [0.1, 0.15) is 0 Å². The van der Waals surface area contributed by atoms with E-state index in [1.807, 2.05) is 67.2 Å². The van der Waals surface area contributed by atoms with Crippen LogP contribution in [0.25, 0.3) is 0 Å². The Kier molecular flexibility index (Phi) is 6.13. The topological polar surface area (TPSA) is 49.7 Å². The Morgan fingerprint density at radius 3 is 2.60 bits per heavy atom. The zero-order valence-electron chi connectivity index (χ0n) is 17.0. The van der Waals surface area contributed by atoms with Crippen molar-refractivity contribution in [1.29, 1.82) is 0 Å². The first-order chi connectivity index (χ1) is 14.5. The quantitative estimate of drug-likeness (QED) is 0.428. The van der Waals surface area contributed by atoms with E-state index >= 15 is 0 Å². The summed E-state index contributed by atoms with van der Waals surface area (Å²) >= 11 is 3.46. The summed E-state index contributed by atoms with van der Waals surface area (Å²) in [5.74, 6) is 0.869. The van der Waals surface area contributed by atoms with Crippen LogP contribution in [-0.2, 0) is 22.7 Å². The molecule has 30 heavy (non-hydrogen) atoms. The van der Waals surface area contributed by atoms with E-state index in [4.69, 9.17) is 14.2 Å². The summed E-state index contributed by atoms with van der Waals surface area (Å²) in [4.78, 5) is 12.9. The van der Waals surface area contributed by atoms with E-state index in [1.165, 1.54) is 11.1 Å². The van der Waals surface area contributed by atoms with Crippen molar-refractivity contribution in [1.82, 2.24) is 4.57 Å². The second kappa shape index (κ2) is 8.96. The van der Waals surface area contributed by atoms with Crippen LogP contribution in [0.5, 0.6) is 11.5 Å². The summed E-state index contributed by atoms with van der Waals surface area (Å²) in [5, 5.41) is 0. The van der Waals surface area contributed by atoms with Crippen LogP contribution in [0.15, 0.2) is 65.4 Å². The molecular weight excluding hydrogens is 446 g/mol. The van der Waals surface area contributed by atoms with E-state index in [1.54, 1.807) is 0 Å². The maximum absolute atomic E-state index is 12.9. The molecule has 1 aliphatic rings. The van der Waals surface area contributed by atoms with Gasteiger partial charge in [0.05, 0.1) is 5.92 Å². The number of nitrogens with zero attached hydrogens (tertiary/aromatic N) is 1. The van der Waals surface area contributed by atoms with E-state index in [9.17, 15) is 4.79 Å². The third-order valence-electron chi connectivity index (χ3n) is 5.17. The second-order valence-corrected chi connectivity index (χ2v) is 8.68. The molecule has 1 aromatic heterocycles. The van der Waals surface area contributed by atoms with Crippen LogP contribution in [0.2, 0.25) is 0 Å². The van der Waals surface area contributed by atoms with Gasteiger partial charge in [0.15, 0.2) is 18.2 Å². The Morgan fingerprint density at radius 2 is 1.83 bits per heavy atom. The zero-order valence-corrected chi connectivity index (χ0v) is 18.6. The van der Waals surface area contributed by atoms with Crippen molar-refractivity contribution in [2.24, 2.45) is 5.92 Å². The molecular formula is C24H24BrNO4. The van der Waals surface area contributed by atoms with Gasteiger partial charge in [0.25, 0.3) is 0 Å². The molecule has 156 valence electrons. The molecule has 0 radical (unpaired) electrons. The molecule has 1 atom stereocenters. The summed E-state index contributed by atoms with van der Waals surface area (Å²) in [6.07, 6.45) is 4.78. The molecule has 3 aromatic rings. The Balaban J connectivity index is 1.39. The molecule has 0 spiro atoms. The highest BCUT2D eigenvalue weighted by atomic mass is 79.9. The molecule has 0 bridgehead atoms. The number of halogens is 1. The summed E-state index contributed by atoms with van der Waals surface area (Å²) in [5.41, 5.74) is 3.28. The number of benzene rings is 2. The summed E-state index contributed by atoms with van der Waals surface area (Å²) in [7, 11) is 0. The minimum atomic E-state index is -0.364. The highest BCUT2D eigenvalue weighted by Crippen LogP contribution is 2.37. The van der Waals surface area contributed by atoms with Crippen LogP contribution in [-0.4, -0.2) is 17.3 Å². The largest absolute Gasteiger partial charge is 0.454 e. The fourth-order valence-corrected chi connectivity index (χ4v) is 3.91. The van der Waals surface area contributed by atoms with Crippen molar-refractivity contribution in [3.05, 3.63) is 82.1 Å². The first-order valence-electron chi connectivity index (χ1n) is 9.95. The zero-order chi connectivity index (χ0) is 21.1. The number of ether oxygens (including phenoxy) is 3. The van der Waals surface area contributed by atoms with Crippen LogP contribution in [0.1, 0.15) is 36.5 Å². The number of carbonyl (C=O) groups is 1. The molecule has 0 aliphatic carbocycles. The van der Waals surface area contributed by atoms with Gasteiger partial charge in [-0.2, -0.15) is 0 Å². The molecule has 2 aromatic carbocycles. The van der Waals surface area contributed by atoms with Crippen LogP contribution in [0.3, 0.4) is 0 Å². The highest BCUT2D eigenvalue weighted by molar-refractivity contribution is 9.10. The minimum absolute atomic E-state index is 0.0931. The van der Waals surface area contributed by atoms with E-state index < -0.39 is 0 Å². The number of rotatable bonds is 7. The van der Waals surface area contributed by atoms with Gasteiger partial charge in [-0.25, -0.2) is 0 Å². The molecule has 2 heterocycles. The fraction of sp³-hybridized carbons (Fsp3) is 0.292. The number of aromatic nitrogens is 1. The van der Waals surface area contributed by atoms with Crippen molar-refractivity contribution in [2.45, 2.75) is 32.9 Å². The number of carbonyl (C=O) groups excluding carboxylic acids is 1. The fourth-order valence-electron chi connectivity index (χ4n) is 3.64. The number of fused-ring (bicyclic) bond motifs is 1. The predicted octanol–water partition coefficient (Wildman–Crippen LogP) is 5.51. The van der Waals surface area contributed by atoms with Gasteiger partial charge in [-0.3, -0.25) is 4.79 Å². The predicted molar refractivity (Wildman–Crippen MR) is 118 cm³/mol. The van der Waals surface area contributed by atoms with Crippen LogP contribution in [0, 0.1) is 5.92 Å². The Bertz CT molecular complexity index is 1030. The summed E-state index contributed by atoms with van der Waals surface area (Å²) in [6.45, 7) is 4.43. The second-order valence-electron chi connectivity index (χ2n) is 7.76. The molecule has 5 nitrogen and oxygen atoms in total. The van der Waals surface area contributed by atoms with Gasteiger partial charge in [-0.1, -0.05) is 48.0 Å². The molecule has 0 N–H and O–H groups in total. The Morgan fingerprint density at radius 1 is 1.07 bits per heavy atom. The molecule has 1 aliphatic heterocycles. The van der Waals surface area contributed by atoms with Crippen LogP contribution >= 0.6 is 15.9 Å². The number of hydrogen-bond acceptors (Lipinski definition) is 4. The van der Waals surface area contributed by atoms with Gasteiger partial charge in [-0.15, -0.1) is 0 Å². The summed E-state index contributed by atoms with van der Waals surface area (Å²) in [6, 6.07) is 16.0. The normalized spacial score (nSPS) is 13.5. The van der Waals surface area contributed by atoms with E-state index in [-0.39, 0.29) is 31.3 Å². The van der Waals surface area contributed by atoms with Crippen LogP contribution in [0.4, 0.5) is 0 Å². The smallest absolute Gasteiger partial charge is 0.315 e. The average molecular weight is 470 g/mol. The lowest BCUT2D eigenvalue weighted by Crippen LogP contribution is -2.21. The van der Waals surface area contributed by atoms with Gasteiger partial charge >= 0.3 is 5.97 Å². The molecule has 0 saturated carbocycles. The van der Waals surface area contributed by atoms with Gasteiger partial charge in [0, 0.05) is 16.9 Å². The monoisotopic (exact) mass is 469 g/mol. The van der Waals surface area contributed by atoms with Crippen molar-refractivity contribution in [2.75, 3.05) is 6.79 Å². The van der Waals surface area contributed by atoms with Gasteiger partial charge in [0.2, 0.25) is 6.79 Å². The maximum Gasteiger partial charge on any atom is 0.315 e. The lowest BCUT2D eigenvalue weighted by atomic mass is 9.88. The lowest BCUT2D eigenvalue weighted by Gasteiger charge is -2.20. The Labute approximate surface area is 184 Å². The van der Waals surface area contributed by atoms with E-state index in [0.29, 0.717) is 11.5 Å². The highest BCUT2D eigenvalue weighted by Gasteiger charge is 2.28. The minimum Gasteiger partial charge on any atom is -0.454 e. The molecule has 4 rings (SSSR count). The van der Waals surface area contributed by atoms with Crippen LogP contribution < -0.4 is 9.47 Å². The molecule has 0 amide bonds. The maximum atomic E-state index is 12.9. The molecule has 0 saturated heterocycles. The van der Waals surface area contributed by atoms with Crippen molar-refractivity contribution >= 4 is 21.9 Å². The third-order valence-corrected chi connectivity index (χ3v) is 5.69. The number of hydrogen-bond donors (Lipinski definition) is 0. The first kappa shape index (κ1) is 20.5. The van der Waals surface area contributed by atoms with Crippen molar-refractivity contribution < 1.29 is 19.0 Å². The first-order valence-corrected chi connectivity index (χ1v) is 10.7. The third kappa shape index (κ3) is 4.70. The summed E-state index contributed by atoms with van der Waals surface area (Å²) < 4.78 is 19.4. The van der Waals surface area contributed by atoms with Crippen molar-refractivity contribution in [3.8, 4) is 11.5 Å². The molecule has 1 unspecified atom stereocenters. The SMILES string of the molecule is CC(C)C(C(=O)OCn1ccc(Cc2ccc(Br)cc2)c1)c1ccc2c(c1)OCO2.